The first-order chi connectivity index (χ1) is 11.4. The Morgan fingerprint density at radius 2 is 1.50 bits per heavy atom. The summed E-state index contributed by atoms with van der Waals surface area (Å²) in [5, 5.41) is 0. The molecule has 24 heavy (non-hydrogen) atoms. The first-order valence-electron chi connectivity index (χ1n) is 9.09. The lowest BCUT2D eigenvalue weighted by Gasteiger charge is -2.35. The van der Waals surface area contributed by atoms with Gasteiger partial charge >= 0.3 is 0 Å². The fourth-order valence-corrected chi connectivity index (χ4v) is 3.01. The summed E-state index contributed by atoms with van der Waals surface area (Å²) in [6.07, 6.45) is 1.69. The SMILES string of the molecule is CCC(C)c1ccc(C(=O)N2CCN(C(=O)CC(C)C)CC2)cc1. The van der Waals surface area contributed by atoms with Gasteiger partial charge in [-0.25, -0.2) is 0 Å². The topological polar surface area (TPSA) is 40.6 Å². The predicted molar refractivity (Wildman–Crippen MR) is 97.1 cm³/mol. The monoisotopic (exact) mass is 330 g/mol. The Labute approximate surface area is 145 Å². The van der Waals surface area contributed by atoms with Crippen LogP contribution in [0, 0.1) is 5.92 Å². The number of rotatable bonds is 5. The molecule has 0 bridgehead atoms. The van der Waals surface area contributed by atoms with Crippen LogP contribution in [0.3, 0.4) is 0 Å². The minimum absolute atomic E-state index is 0.0710. The summed E-state index contributed by atoms with van der Waals surface area (Å²) in [6, 6.07) is 7.98. The fourth-order valence-electron chi connectivity index (χ4n) is 3.01. The molecule has 4 heteroatoms. The van der Waals surface area contributed by atoms with E-state index in [1.807, 2.05) is 21.9 Å². The van der Waals surface area contributed by atoms with E-state index < -0.39 is 0 Å². The highest BCUT2D eigenvalue weighted by Gasteiger charge is 2.25. The molecule has 1 unspecified atom stereocenters. The summed E-state index contributed by atoms with van der Waals surface area (Å²) >= 11 is 0. The van der Waals surface area contributed by atoms with Crippen molar-refractivity contribution in [3.63, 3.8) is 0 Å². The van der Waals surface area contributed by atoms with Crippen LogP contribution in [0.2, 0.25) is 0 Å². The molecule has 1 aliphatic heterocycles. The first kappa shape index (κ1) is 18.5. The molecule has 1 saturated heterocycles. The Morgan fingerprint density at radius 1 is 0.958 bits per heavy atom. The molecule has 0 aromatic heterocycles. The van der Waals surface area contributed by atoms with E-state index in [0.717, 1.165) is 12.0 Å². The van der Waals surface area contributed by atoms with Crippen LogP contribution in [0.4, 0.5) is 0 Å². The molecule has 1 fully saturated rings. The van der Waals surface area contributed by atoms with Gasteiger partial charge in [0, 0.05) is 38.2 Å². The zero-order valence-corrected chi connectivity index (χ0v) is 15.4. The minimum atomic E-state index is 0.0710. The molecule has 1 atom stereocenters. The number of hydrogen-bond donors (Lipinski definition) is 0. The average Bonchev–Trinajstić information content (AvgIpc) is 2.60. The van der Waals surface area contributed by atoms with Crippen molar-refractivity contribution in [3.05, 3.63) is 35.4 Å². The molecule has 0 saturated carbocycles. The van der Waals surface area contributed by atoms with Gasteiger partial charge in [0.25, 0.3) is 5.91 Å². The molecule has 0 N–H and O–H groups in total. The second-order valence-corrected chi connectivity index (χ2v) is 7.20. The van der Waals surface area contributed by atoms with Crippen LogP contribution in [0.25, 0.3) is 0 Å². The smallest absolute Gasteiger partial charge is 0.253 e. The van der Waals surface area contributed by atoms with E-state index in [1.165, 1.54) is 5.56 Å². The maximum Gasteiger partial charge on any atom is 0.253 e. The maximum absolute atomic E-state index is 12.6. The third-order valence-corrected chi connectivity index (χ3v) is 4.84. The zero-order valence-electron chi connectivity index (χ0n) is 15.4. The Bertz CT molecular complexity index is 558. The lowest BCUT2D eigenvalue weighted by atomic mass is 9.97. The van der Waals surface area contributed by atoms with Crippen molar-refractivity contribution in [1.29, 1.82) is 0 Å². The van der Waals surface area contributed by atoms with Gasteiger partial charge in [-0.1, -0.05) is 39.8 Å². The molecule has 0 radical (unpaired) electrons. The van der Waals surface area contributed by atoms with Gasteiger partial charge in [0.1, 0.15) is 0 Å². The van der Waals surface area contributed by atoms with Crippen molar-refractivity contribution >= 4 is 11.8 Å². The van der Waals surface area contributed by atoms with Gasteiger partial charge in [0.05, 0.1) is 0 Å². The van der Waals surface area contributed by atoms with Crippen molar-refractivity contribution in [2.45, 2.75) is 46.5 Å². The largest absolute Gasteiger partial charge is 0.339 e. The van der Waals surface area contributed by atoms with Crippen molar-refractivity contribution in [2.75, 3.05) is 26.2 Å². The van der Waals surface area contributed by atoms with Gasteiger partial charge < -0.3 is 9.80 Å². The third-order valence-electron chi connectivity index (χ3n) is 4.84. The predicted octanol–water partition coefficient (Wildman–Crippen LogP) is 3.53. The molecule has 4 nitrogen and oxygen atoms in total. The van der Waals surface area contributed by atoms with Crippen LogP contribution in [0.5, 0.6) is 0 Å². The van der Waals surface area contributed by atoms with E-state index >= 15 is 0 Å². The van der Waals surface area contributed by atoms with Crippen LogP contribution in [0.15, 0.2) is 24.3 Å². The molecule has 0 spiro atoms. The highest BCUT2D eigenvalue weighted by atomic mass is 16.2. The lowest BCUT2D eigenvalue weighted by molar-refractivity contribution is -0.133. The molecular formula is C20H30N2O2. The standard InChI is InChI=1S/C20H30N2O2/c1-5-16(4)17-6-8-18(9-7-17)20(24)22-12-10-21(11-13-22)19(23)14-15(2)3/h6-9,15-16H,5,10-14H2,1-4H3. The van der Waals surface area contributed by atoms with Crippen molar-refractivity contribution in [3.8, 4) is 0 Å². The zero-order chi connectivity index (χ0) is 17.7. The molecular weight excluding hydrogens is 300 g/mol. The number of piperazine rings is 1. The molecule has 132 valence electrons. The third kappa shape index (κ3) is 4.59. The minimum Gasteiger partial charge on any atom is -0.339 e. The summed E-state index contributed by atoms with van der Waals surface area (Å²) < 4.78 is 0. The maximum atomic E-state index is 12.6. The quantitative estimate of drug-likeness (QED) is 0.828. The molecule has 1 aliphatic rings. The molecule has 1 aromatic rings. The Hall–Kier alpha value is -1.84. The van der Waals surface area contributed by atoms with Crippen LogP contribution in [-0.2, 0) is 4.79 Å². The van der Waals surface area contributed by atoms with Gasteiger partial charge in [-0.3, -0.25) is 9.59 Å². The summed E-state index contributed by atoms with van der Waals surface area (Å²) in [4.78, 5) is 28.5. The molecule has 1 heterocycles. The van der Waals surface area contributed by atoms with Crippen LogP contribution in [-0.4, -0.2) is 47.8 Å². The van der Waals surface area contributed by atoms with E-state index in [-0.39, 0.29) is 11.8 Å². The number of nitrogens with zero attached hydrogens (tertiary/aromatic N) is 2. The van der Waals surface area contributed by atoms with Crippen molar-refractivity contribution < 1.29 is 9.59 Å². The van der Waals surface area contributed by atoms with E-state index in [4.69, 9.17) is 0 Å². The number of benzene rings is 1. The van der Waals surface area contributed by atoms with E-state index in [9.17, 15) is 9.59 Å². The molecule has 2 amide bonds. The average molecular weight is 330 g/mol. The normalized spacial score (nSPS) is 16.4. The van der Waals surface area contributed by atoms with Gasteiger partial charge in [-0.15, -0.1) is 0 Å². The summed E-state index contributed by atoms with van der Waals surface area (Å²) in [7, 11) is 0. The van der Waals surface area contributed by atoms with Gasteiger partial charge in [0.2, 0.25) is 5.91 Å². The molecule has 2 rings (SSSR count). The second-order valence-electron chi connectivity index (χ2n) is 7.20. The summed E-state index contributed by atoms with van der Waals surface area (Å²) in [5.41, 5.74) is 2.02. The van der Waals surface area contributed by atoms with E-state index in [1.54, 1.807) is 0 Å². The fraction of sp³-hybridized carbons (Fsp3) is 0.600. The summed E-state index contributed by atoms with van der Waals surface area (Å²) in [6.45, 7) is 11.0. The van der Waals surface area contributed by atoms with Crippen LogP contribution >= 0.6 is 0 Å². The Balaban J connectivity index is 1.92. The number of hydrogen-bond acceptors (Lipinski definition) is 2. The molecule has 0 aliphatic carbocycles. The first-order valence-corrected chi connectivity index (χ1v) is 9.09. The van der Waals surface area contributed by atoms with E-state index in [0.29, 0.717) is 44.4 Å². The van der Waals surface area contributed by atoms with Crippen LogP contribution < -0.4 is 0 Å². The van der Waals surface area contributed by atoms with Gasteiger partial charge in [0.15, 0.2) is 0 Å². The Kier molecular flexibility index (Phi) is 6.41. The number of carbonyl (C=O) groups excluding carboxylic acids is 2. The van der Waals surface area contributed by atoms with Gasteiger partial charge in [-0.2, -0.15) is 0 Å². The summed E-state index contributed by atoms with van der Waals surface area (Å²) in [5.74, 6) is 1.17. The number of carbonyl (C=O) groups is 2. The van der Waals surface area contributed by atoms with Gasteiger partial charge in [-0.05, 0) is 36.0 Å². The highest BCUT2D eigenvalue weighted by molar-refractivity contribution is 5.94. The number of amides is 2. The van der Waals surface area contributed by atoms with E-state index in [2.05, 4.69) is 39.8 Å². The lowest BCUT2D eigenvalue weighted by Crippen LogP contribution is -2.50. The van der Waals surface area contributed by atoms with Crippen LogP contribution in [0.1, 0.15) is 62.4 Å². The second kappa shape index (κ2) is 8.32. The Morgan fingerprint density at radius 3 is 2.00 bits per heavy atom. The molecule has 1 aromatic carbocycles. The highest BCUT2D eigenvalue weighted by Crippen LogP contribution is 2.19. The van der Waals surface area contributed by atoms with Crippen molar-refractivity contribution in [1.82, 2.24) is 9.80 Å². The van der Waals surface area contributed by atoms with Crippen molar-refractivity contribution in [2.24, 2.45) is 5.92 Å².